The van der Waals surface area contributed by atoms with Gasteiger partial charge in [-0.3, -0.25) is 0 Å². The van der Waals surface area contributed by atoms with Crippen molar-refractivity contribution in [2.24, 2.45) is 0 Å². The smallest absolute Gasteiger partial charge is 0.200 e. The van der Waals surface area contributed by atoms with Crippen molar-refractivity contribution in [1.82, 2.24) is 19.5 Å². The van der Waals surface area contributed by atoms with E-state index in [0.717, 1.165) is 5.65 Å². The minimum Gasteiger partial charge on any atom is -0.394 e. The second-order valence-corrected chi connectivity index (χ2v) is 2.74. The van der Waals surface area contributed by atoms with Crippen molar-refractivity contribution in [3.8, 4) is 0 Å². The number of nitrogens with zero attached hydrogens (tertiary/aromatic N) is 5. The van der Waals surface area contributed by atoms with Crippen LogP contribution < -0.4 is 10.7 Å². The predicted molar refractivity (Wildman–Crippen MR) is 45.5 cm³/mol. The van der Waals surface area contributed by atoms with Crippen molar-refractivity contribution in [2.75, 3.05) is 24.8 Å². The van der Waals surface area contributed by atoms with Gasteiger partial charge in [-0.25, -0.2) is 4.68 Å². The molecule has 0 aliphatic carbocycles. The molecule has 2 heterocycles. The van der Waals surface area contributed by atoms with E-state index in [9.17, 15) is 0 Å². The Morgan fingerprint density at radius 1 is 1.42 bits per heavy atom. The third-order valence-electron chi connectivity index (χ3n) is 1.67. The summed E-state index contributed by atoms with van der Waals surface area (Å²) in [5, 5.41) is 9.84. The fourth-order valence-electron chi connectivity index (χ4n) is 1.10. The average Bonchev–Trinajstić information content (AvgIpc) is 2.53. The molecule has 0 saturated heterocycles. The van der Waals surface area contributed by atoms with E-state index in [1.807, 2.05) is 23.8 Å². The Balaban J connectivity index is 2.75. The van der Waals surface area contributed by atoms with Crippen LogP contribution in [0.25, 0.3) is 5.65 Å². The van der Waals surface area contributed by atoms with Crippen molar-refractivity contribution in [1.29, 1.82) is 0 Å². The van der Waals surface area contributed by atoms with E-state index >= 15 is 0 Å². The van der Waals surface area contributed by atoms with Gasteiger partial charge in [-0.15, -0.1) is 9.73 Å². The molecule has 0 amide bonds. The molecule has 0 aliphatic rings. The van der Waals surface area contributed by atoms with Crippen molar-refractivity contribution in [3.63, 3.8) is 0 Å². The molecule has 0 aromatic carbocycles. The third kappa shape index (κ3) is 0.744. The molecular weight excluding hydrogens is 156 g/mol. The highest BCUT2D eigenvalue weighted by Crippen LogP contribution is 2.10. The summed E-state index contributed by atoms with van der Waals surface area (Å²) in [6.45, 7) is 0. The maximum atomic E-state index is 5.69. The quantitative estimate of drug-likeness (QED) is 0.609. The molecule has 12 heavy (non-hydrogen) atoms. The van der Waals surface area contributed by atoms with Gasteiger partial charge in [0.15, 0.2) is 5.65 Å². The Hall–Kier alpha value is -1.72. The van der Waals surface area contributed by atoms with Gasteiger partial charge < -0.3 is 10.7 Å². The summed E-state index contributed by atoms with van der Waals surface area (Å²) in [7, 11) is 3.82. The molecule has 0 fully saturated rings. The van der Waals surface area contributed by atoms with E-state index in [0.29, 0.717) is 5.69 Å². The Kier molecular flexibility index (Phi) is 1.24. The second kappa shape index (κ2) is 2.13. The van der Waals surface area contributed by atoms with Crippen molar-refractivity contribution in [3.05, 3.63) is 12.5 Å². The number of nitrogens with two attached hydrogens (primary N) is 1. The first-order valence-corrected chi connectivity index (χ1v) is 3.54. The zero-order chi connectivity index (χ0) is 8.72. The summed E-state index contributed by atoms with van der Waals surface area (Å²) < 4.78 is 3.32. The zero-order valence-corrected chi connectivity index (χ0v) is 6.97. The first-order valence-electron chi connectivity index (χ1n) is 3.54. The largest absolute Gasteiger partial charge is 0.394 e. The Labute approximate surface area is 69.1 Å². The first-order chi connectivity index (χ1) is 5.70. The Morgan fingerprint density at radius 3 is 2.83 bits per heavy atom. The van der Waals surface area contributed by atoms with E-state index in [2.05, 4.69) is 10.2 Å². The van der Waals surface area contributed by atoms with Gasteiger partial charge >= 0.3 is 0 Å². The molecule has 2 rings (SSSR count). The number of rotatable bonds is 1. The van der Waals surface area contributed by atoms with E-state index in [4.69, 9.17) is 5.73 Å². The fourth-order valence-corrected chi connectivity index (χ4v) is 1.10. The molecule has 0 spiro atoms. The molecule has 0 aliphatic heterocycles. The lowest BCUT2D eigenvalue weighted by atomic mass is 10.6. The zero-order valence-electron chi connectivity index (χ0n) is 6.97. The summed E-state index contributed by atoms with van der Waals surface area (Å²) in [5.41, 5.74) is 7.11. The number of hydrogen-bond donors (Lipinski definition) is 1. The summed E-state index contributed by atoms with van der Waals surface area (Å²) in [5.74, 6) is 0. The van der Waals surface area contributed by atoms with Gasteiger partial charge in [0.05, 0.1) is 11.9 Å². The first kappa shape index (κ1) is 6.96. The van der Waals surface area contributed by atoms with E-state index in [1.165, 1.54) is 4.63 Å². The molecule has 6 heteroatoms. The minimum atomic E-state index is 0.626. The molecule has 2 N–H and O–H groups in total. The van der Waals surface area contributed by atoms with Gasteiger partial charge in [-0.1, -0.05) is 0 Å². The lowest BCUT2D eigenvalue weighted by Crippen LogP contribution is -2.23. The highest BCUT2D eigenvalue weighted by atomic mass is 15.6. The van der Waals surface area contributed by atoms with Crippen LogP contribution in [0.5, 0.6) is 0 Å². The van der Waals surface area contributed by atoms with Gasteiger partial charge in [-0.05, 0) is 0 Å². The second-order valence-electron chi connectivity index (χ2n) is 2.74. The van der Waals surface area contributed by atoms with Crippen LogP contribution >= 0.6 is 0 Å². The number of fused-ring (bicyclic) bond motifs is 1. The van der Waals surface area contributed by atoms with Gasteiger partial charge in [0.25, 0.3) is 0 Å². The maximum Gasteiger partial charge on any atom is 0.200 e. The molecule has 0 bridgehead atoms. The maximum absolute atomic E-state index is 5.69. The van der Waals surface area contributed by atoms with E-state index in [-0.39, 0.29) is 0 Å². The van der Waals surface area contributed by atoms with Gasteiger partial charge in [0.2, 0.25) is 0 Å². The molecule has 0 unspecified atom stereocenters. The van der Waals surface area contributed by atoms with Crippen LogP contribution in [-0.4, -0.2) is 33.6 Å². The topological polar surface area (TPSA) is 64.4 Å². The van der Waals surface area contributed by atoms with Gasteiger partial charge in [0, 0.05) is 14.1 Å². The molecule has 0 radical (unpaired) electrons. The number of anilines is 1. The molecule has 2 aromatic rings. The molecular formula is C6H10N6. The van der Waals surface area contributed by atoms with Gasteiger partial charge in [-0.2, -0.15) is 5.10 Å². The summed E-state index contributed by atoms with van der Waals surface area (Å²) >= 11 is 0. The average molecular weight is 166 g/mol. The lowest BCUT2D eigenvalue weighted by molar-refractivity contribution is 0.753. The van der Waals surface area contributed by atoms with Crippen LogP contribution in [0, 0.1) is 0 Å². The van der Waals surface area contributed by atoms with Crippen LogP contribution in [0.15, 0.2) is 12.5 Å². The van der Waals surface area contributed by atoms with Crippen LogP contribution in [0.1, 0.15) is 0 Å². The van der Waals surface area contributed by atoms with Crippen molar-refractivity contribution < 1.29 is 0 Å². The van der Waals surface area contributed by atoms with Crippen LogP contribution in [0.2, 0.25) is 0 Å². The Morgan fingerprint density at radius 2 is 2.17 bits per heavy atom. The Bertz CT molecular complexity index is 397. The number of nitrogen functional groups attached to an aromatic ring is 1. The fraction of sp³-hybridized carbons (Fsp3) is 0.333. The van der Waals surface area contributed by atoms with Crippen LogP contribution in [0.3, 0.4) is 0 Å². The van der Waals surface area contributed by atoms with Crippen molar-refractivity contribution >= 4 is 11.3 Å². The predicted octanol–water partition coefficient (Wildman–Crippen LogP) is -0.689. The lowest BCUT2D eigenvalue weighted by Gasteiger charge is -2.12. The van der Waals surface area contributed by atoms with Crippen LogP contribution in [-0.2, 0) is 0 Å². The van der Waals surface area contributed by atoms with E-state index < -0.39 is 0 Å². The van der Waals surface area contributed by atoms with Crippen LogP contribution in [0.4, 0.5) is 5.69 Å². The SMILES string of the molecule is CN(C)n1cnn2ncc(N)c12. The normalized spacial score (nSPS) is 10.8. The van der Waals surface area contributed by atoms with Gasteiger partial charge in [0.1, 0.15) is 6.33 Å². The number of aromatic nitrogens is 4. The molecule has 64 valence electrons. The van der Waals surface area contributed by atoms with E-state index in [1.54, 1.807) is 12.5 Å². The minimum absolute atomic E-state index is 0.626. The molecule has 2 aromatic heterocycles. The monoisotopic (exact) mass is 166 g/mol. The summed E-state index contributed by atoms with van der Waals surface area (Å²) in [6, 6.07) is 0. The standard InChI is InChI=1S/C6H10N6/c1-10(2)11-4-9-12-6(11)5(7)3-8-12/h3-4H,7H2,1-2H3. The molecule has 0 atom stereocenters. The van der Waals surface area contributed by atoms with Crippen molar-refractivity contribution in [2.45, 2.75) is 0 Å². The highest BCUT2D eigenvalue weighted by molar-refractivity contribution is 5.63. The summed E-state index contributed by atoms with van der Waals surface area (Å²) in [6.07, 6.45) is 3.25. The molecule has 0 saturated carbocycles. The third-order valence-corrected chi connectivity index (χ3v) is 1.67. The summed E-state index contributed by atoms with van der Waals surface area (Å²) in [4.78, 5) is 0. The molecule has 6 nitrogen and oxygen atoms in total. The number of hydrogen-bond acceptors (Lipinski definition) is 4. The highest BCUT2D eigenvalue weighted by Gasteiger charge is 2.07.